The van der Waals surface area contributed by atoms with Gasteiger partial charge < -0.3 is 9.64 Å². The molecular formula is C15H20BrNO3S. The summed E-state index contributed by atoms with van der Waals surface area (Å²) in [6.07, 6.45) is 4.87. The number of hydrogen-bond acceptors (Lipinski definition) is 4. The Labute approximate surface area is 137 Å². The molecule has 1 aliphatic heterocycles. The third kappa shape index (κ3) is 4.54. The van der Waals surface area contributed by atoms with Gasteiger partial charge >= 0.3 is 5.97 Å². The monoisotopic (exact) mass is 373 g/mol. The van der Waals surface area contributed by atoms with Crippen LogP contribution in [0.25, 0.3) is 0 Å². The third-order valence-corrected chi connectivity index (χ3v) is 5.42. The van der Waals surface area contributed by atoms with Crippen LogP contribution in [-0.2, 0) is 20.7 Å². The Kier molecular flexibility index (Phi) is 6.23. The normalized spacial score (nSPS) is 18.6. The van der Waals surface area contributed by atoms with E-state index in [1.165, 1.54) is 12.0 Å². The van der Waals surface area contributed by atoms with E-state index >= 15 is 0 Å². The molecule has 2 rings (SSSR count). The number of esters is 1. The van der Waals surface area contributed by atoms with Gasteiger partial charge in [-0.2, -0.15) is 0 Å². The van der Waals surface area contributed by atoms with Crippen LogP contribution >= 0.6 is 27.3 Å². The molecule has 1 aromatic rings. The molecule has 1 saturated heterocycles. The maximum Gasteiger partial charge on any atom is 0.328 e. The summed E-state index contributed by atoms with van der Waals surface area (Å²) in [6.45, 7) is 0.670. The number of rotatable bonds is 5. The molecule has 4 nitrogen and oxygen atoms in total. The van der Waals surface area contributed by atoms with Crippen LogP contribution in [-0.4, -0.2) is 36.5 Å². The number of methoxy groups -OCH3 is 1. The lowest BCUT2D eigenvalue weighted by Crippen LogP contribution is -2.48. The Morgan fingerprint density at radius 1 is 1.43 bits per heavy atom. The van der Waals surface area contributed by atoms with Crippen molar-refractivity contribution in [1.82, 2.24) is 4.90 Å². The minimum Gasteiger partial charge on any atom is -0.467 e. The minimum absolute atomic E-state index is 0.0701. The first-order valence-corrected chi connectivity index (χ1v) is 8.84. The van der Waals surface area contributed by atoms with Crippen LogP contribution in [0, 0.1) is 0 Å². The number of carbonyl (C=O) groups excluding carboxylic acids is 2. The van der Waals surface area contributed by atoms with Gasteiger partial charge in [-0.05, 0) is 60.2 Å². The van der Waals surface area contributed by atoms with E-state index in [0.29, 0.717) is 13.0 Å². The number of halogens is 1. The average Bonchev–Trinajstić information content (AvgIpc) is 2.91. The second-order valence-electron chi connectivity index (χ2n) is 5.18. The summed E-state index contributed by atoms with van der Waals surface area (Å²) in [5.41, 5.74) is 0. The van der Waals surface area contributed by atoms with Crippen molar-refractivity contribution < 1.29 is 14.3 Å². The molecule has 0 aromatic carbocycles. The number of nitrogens with zero attached hydrogens (tertiary/aromatic N) is 1. The van der Waals surface area contributed by atoms with Gasteiger partial charge in [-0.3, -0.25) is 4.79 Å². The van der Waals surface area contributed by atoms with Gasteiger partial charge in [0.15, 0.2) is 0 Å². The highest BCUT2D eigenvalue weighted by atomic mass is 79.9. The first-order chi connectivity index (χ1) is 10.1. The van der Waals surface area contributed by atoms with Crippen LogP contribution in [0.15, 0.2) is 15.9 Å². The predicted octanol–water partition coefficient (Wildman–Crippen LogP) is 3.39. The Balaban J connectivity index is 1.84. The molecule has 0 aliphatic carbocycles. The van der Waals surface area contributed by atoms with Crippen LogP contribution < -0.4 is 0 Å². The van der Waals surface area contributed by atoms with Crippen LogP contribution in [0.3, 0.4) is 0 Å². The molecular weight excluding hydrogens is 354 g/mol. The second-order valence-corrected chi connectivity index (χ2v) is 7.73. The maximum atomic E-state index is 12.3. The van der Waals surface area contributed by atoms with Crippen molar-refractivity contribution in [2.75, 3.05) is 13.7 Å². The van der Waals surface area contributed by atoms with Gasteiger partial charge in [0, 0.05) is 17.8 Å². The number of aryl methyl sites for hydroxylation is 1. The first kappa shape index (κ1) is 16.5. The summed E-state index contributed by atoms with van der Waals surface area (Å²) in [4.78, 5) is 27.1. The lowest BCUT2D eigenvalue weighted by molar-refractivity contribution is -0.154. The molecule has 1 amide bonds. The number of likely N-dealkylation sites (tertiary alicyclic amines) is 1. The minimum atomic E-state index is -0.382. The summed E-state index contributed by atoms with van der Waals surface area (Å²) in [6, 6.07) is 3.73. The molecule has 1 aromatic heterocycles. The number of thiophene rings is 1. The molecule has 0 radical (unpaired) electrons. The zero-order chi connectivity index (χ0) is 15.2. The van der Waals surface area contributed by atoms with Gasteiger partial charge in [-0.15, -0.1) is 11.3 Å². The molecule has 116 valence electrons. The number of carbonyl (C=O) groups is 2. The van der Waals surface area contributed by atoms with E-state index in [0.717, 1.165) is 35.9 Å². The molecule has 1 fully saturated rings. The summed E-state index contributed by atoms with van der Waals surface area (Å²) in [5, 5.41) is 0. The molecule has 21 heavy (non-hydrogen) atoms. The summed E-state index contributed by atoms with van der Waals surface area (Å²) < 4.78 is 5.93. The molecule has 1 atom stereocenters. The van der Waals surface area contributed by atoms with Gasteiger partial charge in [0.25, 0.3) is 0 Å². The topological polar surface area (TPSA) is 46.6 Å². The maximum absolute atomic E-state index is 12.3. The largest absolute Gasteiger partial charge is 0.467 e. The number of piperidine rings is 1. The molecule has 0 bridgehead atoms. The lowest BCUT2D eigenvalue weighted by atomic mass is 10.0. The molecule has 2 heterocycles. The molecule has 6 heteroatoms. The molecule has 0 spiro atoms. The van der Waals surface area contributed by atoms with Crippen molar-refractivity contribution >= 4 is 39.1 Å². The lowest BCUT2D eigenvalue weighted by Gasteiger charge is -2.33. The highest BCUT2D eigenvalue weighted by Gasteiger charge is 2.32. The van der Waals surface area contributed by atoms with Crippen molar-refractivity contribution in [2.45, 2.75) is 44.6 Å². The fraction of sp³-hybridized carbons (Fsp3) is 0.600. The van der Waals surface area contributed by atoms with E-state index in [4.69, 9.17) is 4.74 Å². The molecule has 1 unspecified atom stereocenters. The average molecular weight is 374 g/mol. The van der Waals surface area contributed by atoms with Gasteiger partial charge in [-0.25, -0.2) is 4.79 Å². The van der Waals surface area contributed by atoms with E-state index in [1.54, 1.807) is 16.2 Å². The summed E-state index contributed by atoms with van der Waals surface area (Å²) >= 11 is 5.14. The van der Waals surface area contributed by atoms with Gasteiger partial charge in [0.05, 0.1) is 10.9 Å². The number of amides is 1. The predicted molar refractivity (Wildman–Crippen MR) is 86.3 cm³/mol. The van der Waals surface area contributed by atoms with E-state index < -0.39 is 0 Å². The smallest absolute Gasteiger partial charge is 0.328 e. The quantitative estimate of drug-likeness (QED) is 0.743. The first-order valence-electron chi connectivity index (χ1n) is 7.23. The molecule has 0 N–H and O–H groups in total. The van der Waals surface area contributed by atoms with Crippen molar-refractivity contribution in [2.24, 2.45) is 0 Å². The van der Waals surface area contributed by atoms with Gasteiger partial charge in [0.2, 0.25) is 5.91 Å². The van der Waals surface area contributed by atoms with Crippen molar-refractivity contribution in [3.63, 3.8) is 0 Å². The van der Waals surface area contributed by atoms with Crippen LogP contribution in [0.4, 0.5) is 0 Å². The van der Waals surface area contributed by atoms with Crippen molar-refractivity contribution in [1.29, 1.82) is 0 Å². The zero-order valence-electron chi connectivity index (χ0n) is 12.1. The van der Waals surface area contributed by atoms with E-state index in [9.17, 15) is 9.59 Å². The van der Waals surface area contributed by atoms with Gasteiger partial charge in [-0.1, -0.05) is 0 Å². The Morgan fingerprint density at radius 3 is 2.90 bits per heavy atom. The standard InChI is InChI=1S/C15H20BrNO3S/c1-20-15(19)12-6-2-3-10-17(12)14(18)7-4-5-11-8-9-13(16)21-11/h8-9,12H,2-7,10H2,1H3. The number of hydrogen-bond donors (Lipinski definition) is 0. The fourth-order valence-corrected chi connectivity index (χ4v) is 4.18. The highest BCUT2D eigenvalue weighted by Crippen LogP contribution is 2.24. The SMILES string of the molecule is COC(=O)C1CCCCN1C(=O)CCCc1ccc(Br)s1. The van der Waals surface area contributed by atoms with Crippen molar-refractivity contribution in [3.05, 3.63) is 20.8 Å². The third-order valence-electron chi connectivity index (χ3n) is 3.74. The van der Waals surface area contributed by atoms with Crippen molar-refractivity contribution in [3.8, 4) is 0 Å². The van der Waals surface area contributed by atoms with Crippen LogP contribution in [0.2, 0.25) is 0 Å². The Hall–Kier alpha value is -0.880. The van der Waals surface area contributed by atoms with E-state index in [2.05, 4.69) is 22.0 Å². The van der Waals surface area contributed by atoms with Crippen LogP contribution in [0.1, 0.15) is 37.0 Å². The Morgan fingerprint density at radius 2 is 2.24 bits per heavy atom. The molecule has 1 aliphatic rings. The number of ether oxygens (including phenoxy) is 1. The fourth-order valence-electron chi connectivity index (χ4n) is 2.65. The zero-order valence-corrected chi connectivity index (χ0v) is 14.5. The van der Waals surface area contributed by atoms with E-state index in [-0.39, 0.29) is 17.9 Å². The van der Waals surface area contributed by atoms with Gasteiger partial charge in [0.1, 0.15) is 6.04 Å². The molecule has 0 saturated carbocycles. The second kappa shape index (κ2) is 7.94. The highest BCUT2D eigenvalue weighted by molar-refractivity contribution is 9.11. The summed E-state index contributed by atoms with van der Waals surface area (Å²) in [7, 11) is 1.38. The summed E-state index contributed by atoms with van der Waals surface area (Å²) in [5.74, 6) is -0.217. The van der Waals surface area contributed by atoms with E-state index in [1.807, 2.05) is 6.07 Å². The Bertz CT molecular complexity index is 503. The van der Waals surface area contributed by atoms with Crippen LogP contribution in [0.5, 0.6) is 0 Å².